The van der Waals surface area contributed by atoms with E-state index >= 15 is 0 Å². The molecule has 0 aliphatic carbocycles. The summed E-state index contributed by atoms with van der Waals surface area (Å²) in [5, 5.41) is 5.22. The fourth-order valence-corrected chi connectivity index (χ4v) is 2.03. The van der Waals surface area contributed by atoms with Gasteiger partial charge in [0.25, 0.3) is 0 Å². The van der Waals surface area contributed by atoms with Crippen molar-refractivity contribution in [3.63, 3.8) is 0 Å². The third-order valence-electron chi connectivity index (χ3n) is 3.22. The molecule has 0 spiro atoms. The fourth-order valence-electron chi connectivity index (χ4n) is 2.03. The highest BCUT2D eigenvalue weighted by molar-refractivity contribution is 5.93. The molecular formula is C17H17FN2O4. The Kier molecular flexibility index (Phi) is 5.73. The average molecular weight is 332 g/mol. The number of benzene rings is 2. The van der Waals surface area contributed by atoms with Gasteiger partial charge in [0.2, 0.25) is 0 Å². The topological polar surface area (TPSA) is 76.7 Å². The van der Waals surface area contributed by atoms with Gasteiger partial charge >= 0.3 is 12.0 Å². The van der Waals surface area contributed by atoms with Gasteiger partial charge in [0.15, 0.2) is 0 Å². The number of ether oxygens (including phenoxy) is 2. The molecule has 2 N–H and O–H groups in total. The van der Waals surface area contributed by atoms with Crippen LogP contribution < -0.4 is 15.4 Å². The van der Waals surface area contributed by atoms with Crippen molar-refractivity contribution < 1.29 is 23.5 Å². The Bertz CT molecular complexity index is 732. The first-order valence-corrected chi connectivity index (χ1v) is 7.09. The Morgan fingerprint density at radius 1 is 1.08 bits per heavy atom. The standard InChI is InChI=1S/C17H17FN2O4/c1-23-15-8-3-11(9-14(15)16(21)24-2)10-19-17(22)20-13-6-4-12(18)5-7-13/h3-9H,10H2,1-2H3,(H2,19,20,22). The van der Waals surface area contributed by atoms with Crippen molar-refractivity contribution in [1.82, 2.24) is 5.32 Å². The number of halogens is 1. The summed E-state index contributed by atoms with van der Waals surface area (Å²) in [7, 11) is 2.73. The Hall–Kier alpha value is -3.09. The highest BCUT2D eigenvalue weighted by Crippen LogP contribution is 2.20. The first-order chi connectivity index (χ1) is 11.5. The number of methoxy groups -OCH3 is 2. The molecule has 0 aromatic heterocycles. The monoisotopic (exact) mass is 332 g/mol. The molecule has 24 heavy (non-hydrogen) atoms. The molecule has 2 aromatic rings. The van der Waals surface area contributed by atoms with Gasteiger partial charge in [-0.1, -0.05) is 6.07 Å². The van der Waals surface area contributed by atoms with Gasteiger partial charge in [0, 0.05) is 12.2 Å². The Balaban J connectivity index is 1.99. The van der Waals surface area contributed by atoms with Crippen LogP contribution in [0.4, 0.5) is 14.9 Å². The van der Waals surface area contributed by atoms with Crippen molar-refractivity contribution >= 4 is 17.7 Å². The number of anilines is 1. The summed E-state index contributed by atoms with van der Waals surface area (Å²) in [6, 6.07) is 9.91. The van der Waals surface area contributed by atoms with E-state index in [1.807, 2.05) is 0 Å². The zero-order valence-corrected chi connectivity index (χ0v) is 13.3. The Labute approximate surface area is 138 Å². The number of carbonyl (C=O) groups is 2. The number of carbonyl (C=O) groups excluding carboxylic acids is 2. The smallest absolute Gasteiger partial charge is 0.341 e. The summed E-state index contributed by atoms with van der Waals surface area (Å²) in [6.45, 7) is 0.195. The second-order valence-corrected chi connectivity index (χ2v) is 4.84. The summed E-state index contributed by atoms with van der Waals surface area (Å²) in [4.78, 5) is 23.6. The Morgan fingerprint density at radius 3 is 2.42 bits per heavy atom. The number of rotatable bonds is 5. The van der Waals surface area contributed by atoms with Crippen LogP contribution in [0.3, 0.4) is 0 Å². The van der Waals surface area contributed by atoms with Crippen LogP contribution in [0.25, 0.3) is 0 Å². The average Bonchev–Trinajstić information content (AvgIpc) is 2.61. The Morgan fingerprint density at radius 2 is 1.79 bits per heavy atom. The molecule has 126 valence electrons. The predicted molar refractivity (Wildman–Crippen MR) is 86.6 cm³/mol. The zero-order chi connectivity index (χ0) is 17.5. The largest absolute Gasteiger partial charge is 0.496 e. The maximum Gasteiger partial charge on any atom is 0.341 e. The van der Waals surface area contributed by atoms with Crippen molar-refractivity contribution in [2.45, 2.75) is 6.54 Å². The molecule has 0 atom stereocenters. The van der Waals surface area contributed by atoms with Gasteiger partial charge in [-0.05, 0) is 42.0 Å². The lowest BCUT2D eigenvalue weighted by atomic mass is 10.1. The van der Waals surface area contributed by atoms with Crippen molar-refractivity contribution in [2.75, 3.05) is 19.5 Å². The van der Waals surface area contributed by atoms with Gasteiger partial charge in [-0.2, -0.15) is 0 Å². The summed E-state index contributed by atoms with van der Waals surface area (Å²) < 4.78 is 22.6. The van der Waals surface area contributed by atoms with Crippen LogP contribution in [0, 0.1) is 5.82 Å². The van der Waals surface area contributed by atoms with Gasteiger partial charge in [-0.25, -0.2) is 14.0 Å². The number of urea groups is 1. The maximum absolute atomic E-state index is 12.8. The lowest BCUT2D eigenvalue weighted by molar-refractivity contribution is 0.0597. The van der Waals surface area contributed by atoms with Crippen molar-refractivity contribution in [2.24, 2.45) is 0 Å². The SMILES string of the molecule is COC(=O)c1cc(CNC(=O)Nc2ccc(F)cc2)ccc1OC. The van der Waals surface area contributed by atoms with E-state index in [1.165, 1.54) is 38.5 Å². The third-order valence-corrected chi connectivity index (χ3v) is 3.22. The van der Waals surface area contributed by atoms with Crippen molar-refractivity contribution in [3.8, 4) is 5.75 Å². The molecular weight excluding hydrogens is 315 g/mol. The van der Waals surface area contributed by atoms with Gasteiger partial charge in [-0.15, -0.1) is 0 Å². The molecule has 0 bridgehead atoms. The molecule has 0 fully saturated rings. The van der Waals surface area contributed by atoms with Gasteiger partial charge in [0.05, 0.1) is 14.2 Å². The van der Waals surface area contributed by atoms with Gasteiger partial charge in [0.1, 0.15) is 17.1 Å². The normalized spacial score (nSPS) is 9.96. The first kappa shape index (κ1) is 17.3. The fraction of sp³-hybridized carbons (Fsp3) is 0.176. The van der Waals surface area contributed by atoms with E-state index in [0.29, 0.717) is 17.0 Å². The van der Waals surface area contributed by atoms with E-state index < -0.39 is 12.0 Å². The summed E-state index contributed by atoms with van der Waals surface area (Å²) in [5.41, 5.74) is 1.45. The number of esters is 1. The summed E-state index contributed by atoms with van der Waals surface area (Å²) in [5.74, 6) is -0.514. The third kappa shape index (κ3) is 4.45. The molecule has 0 saturated heterocycles. The molecule has 0 aliphatic heterocycles. The molecule has 2 aromatic carbocycles. The molecule has 0 radical (unpaired) electrons. The predicted octanol–water partition coefficient (Wildman–Crippen LogP) is 2.94. The number of nitrogens with one attached hydrogen (secondary N) is 2. The number of hydrogen-bond acceptors (Lipinski definition) is 4. The minimum atomic E-state index is -0.524. The summed E-state index contributed by atoms with van der Waals surface area (Å²) >= 11 is 0. The van der Waals surface area contributed by atoms with Crippen LogP contribution in [0.15, 0.2) is 42.5 Å². The van der Waals surface area contributed by atoms with Crippen molar-refractivity contribution in [3.05, 3.63) is 59.4 Å². The number of hydrogen-bond donors (Lipinski definition) is 2. The van der Waals surface area contributed by atoms with Crippen LogP contribution in [-0.4, -0.2) is 26.2 Å². The lowest BCUT2D eigenvalue weighted by Gasteiger charge is -2.11. The van der Waals surface area contributed by atoms with E-state index in [-0.39, 0.29) is 17.9 Å². The molecule has 0 aliphatic rings. The highest BCUT2D eigenvalue weighted by Gasteiger charge is 2.13. The van der Waals surface area contributed by atoms with E-state index in [1.54, 1.807) is 18.2 Å². The molecule has 2 rings (SSSR count). The molecule has 6 nitrogen and oxygen atoms in total. The lowest BCUT2D eigenvalue weighted by Crippen LogP contribution is -2.28. The molecule has 0 unspecified atom stereocenters. The quantitative estimate of drug-likeness (QED) is 0.826. The van der Waals surface area contributed by atoms with Crippen molar-refractivity contribution in [1.29, 1.82) is 0 Å². The second kappa shape index (κ2) is 7.96. The number of amides is 2. The van der Waals surface area contributed by atoms with E-state index in [0.717, 1.165) is 0 Å². The van der Waals surface area contributed by atoms with E-state index in [4.69, 9.17) is 9.47 Å². The van der Waals surface area contributed by atoms with Gasteiger partial charge in [-0.3, -0.25) is 0 Å². The second-order valence-electron chi connectivity index (χ2n) is 4.84. The minimum Gasteiger partial charge on any atom is -0.496 e. The van der Waals surface area contributed by atoms with Crippen LogP contribution in [-0.2, 0) is 11.3 Å². The maximum atomic E-state index is 12.8. The van der Waals surface area contributed by atoms with Crippen LogP contribution in [0.2, 0.25) is 0 Å². The molecule has 2 amide bonds. The molecule has 0 heterocycles. The van der Waals surface area contributed by atoms with E-state index in [9.17, 15) is 14.0 Å². The van der Waals surface area contributed by atoms with Crippen LogP contribution in [0.1, 0.15) is 15.9 Å². The van der Waals surface area contributed by atoms with Gasteiger partial charge < -0.3 is 20.1 Å². The molecule has 7 heteroatoms. The highest BCUT2D eigenvalue weighted by atomic mass is 19.1. The first-order valence-electron chi connectivity index (χ1n) is 7.09. The van der Waals surface area contributed by atoms with Crippen LogP contribution >= 0.6 is 0 Å². The van der Waals surface area contributed by atoms with E-state index in [2.05, 4.69) is 10.6 Å². The molecule has 0 saturated carbocycles. The summed E-state index contributed by atoms with van der Waals surface area (Å²) in [6.07, 6.45) is 0. The minimum absolute atomic E-state index is 0.195. The van der Waals surface area contributed by atoms with Crippen LogP contribution in [0.5, 0.6) is 5.75 Å². The zero-order valence-electron chi connectivity index (χ0n) is 13.3.